The molecule has 88 valence electrons. The van der Waals surface area contributed by atoms with Crippen LogP contribution in [0, 0.1) is 6.92 Å². The van der Waals surface area contributed by atoms with Gasteiger partial charge in [0, 0.05) is 16.7 Å². The number of hydrogen-bond donors (Lipinski definition) is 1. The van der Waals surface area contributed by atoms with Crippen LogP contribution in [0.1, 0.15) is 24.1 Å². The summed E-state index contributed by atoms with van der Waals surface area (Å²) in [5, 5.41) is 3.38. The van der Waals surface area contributed by atoms with Gasteiger partial charge in [0.05, 0.1) is 0 Å². The molecule has 3 heteroatoms. The Hall–Kier alpha value is -1.35. The fourth-order valence-corrected chi connectivity index (χ4v) is 2.05. The Morgan fingerprint density at radius 2 is 2.06 bits per heavy atom. The van der Waals surface area contributed by atoms with E-state index in [0.717, 1.165) is 10.3 Å². The Balaban J connectivity index is 2.11. The van der Waals surface area contributed by atoms with Gasteiger partial charge < -0.3 is 5.32 Å². The molecule has 0 aliphatic carbocycles. The molecule has 0 fully saturated rings. The van der Waals surface area contributed by atoms with E-state index in [9.17, 15) is 0 Å². The molecule has 0 aliphatic heterocycles. The zero-order chi connectivity index (χ0) is 12.3. The van der Waals surface area contributed by atoms with Crippen molar-refractivity contribution < 1.29 is 0 Å². The lowest BCUT2D eigenvalue weighted by molar-refractivity contribution is 0.873. The largest absolute Gasteiger partial charge is 0.364 e. The van der Waals surface area contributed by atoms with E-state index in [4.69, 9.17) is 0 Å². The number of nitrogens with zero attached hydrogens (tertiary/aromatic N) is 1. The molecule has 2 aromatic rings. The molecule has 0 saturated carbocycles. The van der Waals surface area contributed by atoms with E-state index in [0.29, 0.717) is 0 Å². The van der Waals surface area contributed by atoms with E-state index >= 15 is 0 Å². The monoisotopic (exact) mass is 290 g/mol. The average molecular weight is 291 g/mol. The second-order valence-electron chi connectivity index (χ2n) is 4.14. The van der Waals surface area contributed by atoms with Crippen LogP contribution in [0.2, 0.25) is 0 Å². The van der Waals surface area contributed by atoms with E-state index in [1.807, 2.05) is 31.3 Å². The lowest BCUT2D eigenvalue weighted by Crippen LogP contribution is -2.07. The van der Waals surface area contributed by atoms with Crippen molar-refractivity contribution in [3.63, 3.8) is 0 Å². The molecule has 1 heterocycles. The molecule has 2 nitrogen and oxygen atoms in total. The van der Waals surface area contributed by atoms with Gasteiger partial charge in [-0.3, -0.25) is 0 Å². The molecule has 1 unspecified atom stereocenters. The molecule has 1 atom stereocenters. The molecule has 1 aromatic carbocycles. The number of hydrogen-bond acceptors (Lipinski definition) is 2. The van der Waals surface area contributed by atoms with E-state index in [-0.39, 0.29) is 6.04 Å². The normalized spacial score (nSPS) is 12.2. The van der Waals surface area contributed by atoms with E-state index < -0.39 is 0 Å². The summed E-state index contributed by atoms with van der Waals surface area (Å²) < 4.78 is 1.10. The number of pyridine rings is 1. The first-order valence-corrected chi connectivity index (χ1v) is 6.39. The summed E-state index contributed by atoms with van der Waals surface area (Å²) in [5.74, 6) is 0.906. The topological polar surface area (TPSA) is 24.9 Å². The van der Waals surface area contributed by atoms with Crippen molar-refractivity contribution in [2.45, 2.75) is 19.9 Å². The minimum absolute atomic E-state index is 0.239. The maximum atomic E-state index is 4.34. The van der Waals surface area contributed by atoms with Crippen molar-refractivity contribution in [2.75, 3.05) is 5.32 Å². The molecule has 0 saturated heterocycles. The first-order chi connectivity index (χ1) is 8.15. The van der Waals surface area contributed by atoms with Crippen molar-refractivity contribution >= 4 is 21.7 Å². The zero-order valence-corrected chi connectivity index (χ0v) is 11.5. The molecule has 0 aliphatic rings. The third kappa shape index (κ3) is 3.30. The average Bonchev–Trinajstić information content (AvgIpc) is 2.32. The lowest BCUT2D eigenvalue weighted by atomic mass is 10.1. The van der Waals surface area contributed by atoms with Crippen LogP contribution < -0.4 is 5.32 Å². The second-order valence-corrected chi connectivity index (χ2v) is 5.06. The van der Waals surface area contributed by atoms with Crippen LogP contribution >= 0.6 is 15.9 Å². The molecular formula is C14H15BrN2. The molecule has 1 aromatic heterocycles. The van der Waals surface area contributed by atoms with Gasteiger partial charge in [0.1, 0.15) is 5.82 Å². The van der Waals surface area contributed by atoms with Crippen LogP contribution in [-0.4, -0.2) is 4.98 Å². The van der Waals surface area contributed by atoms with Gasteiger partial charge in [-0.25, -0.2) is 4.98 Å². The third-order valence-corrected chi connectivity index (χ3v) is 3.12. The van der Waals surface area contributed by atoms with Crippen molar-refractivity contribution in [3.8, 4) is 0 Å². The first kappa shape index (κ1) is 12.1. The minimum atomic E-state index is 0.239. The summed E-state index contributed by atoms with van der Waals surface area (Å²) in [6, 6.07) is 12.6. The Morgan fingerprint density at radius 3 is 2.71 bits per heavy atom. The zero-order valence-electron chi connectivity index (χ0n) is 9.94. The minimum Gasteiger partial charge on any atom is -0.364 e. The van der Waals surface area contributed by atoms with Crippen molar-refractivity contribution in [3.05, 3.63) is 58.2 Å². The Morgan fingerprint density at radius 1 is 1.24 bits per heavy atom. The summed E-state index contributed by atoms with van der Waals surface area (Å²) in [7, 11) is 0. The van der Waals surface area contributed by atoms with Crippen molar-refractivity contribution in [1.29, 1.82) is 0 Å². The van der Waals surface area contributed by atoms with Crippen LogP contribution in [0.5, 0.6) is 0 Å². The number of benzene rings is 1. The highest BCUT2D eigenvalue weighted by molar-refractivity contribution is 9.10. The Bertz CT molecular complexity index is 494. The maximum absolute atomic E-state index is 4.34. The molecule has 0 bridgehead atoms. The second kappa shape index (κ2) is 5.32. The predicted molar refractivity (Wildman–Crippen MR) is 75.2 cm³/mol. The van der Waals surface area contributed by atoms with Gasteiger partial charge in [0.15, 0.2) is 0 Å². The van der Waals surface area contributed by atoms with Gasteiger partial charge in [-0.05, 0) is 43.2 Å². The maximum Gasteiger partial charge on any atom is 0.126 e. The number of rotatable bonds is 3. The van der Waals surface area contributed by atoms with Gasteiger partial charge in [-0.1, -0.05) is 34.1 Å². The van der Waals surface area contributed by atoms with Crippen molar-refractivity contribution in [2.24, 2.45) is 0 Å². The summed E-state index contributed by atoms with van der Waals surface area (Å²) in [6.07, 6.45) is 1.87. The van der Waals surface area contributed by atoms with E-state index in [1.54, 1.807) is 0 Å². The standard InChI is InChI=1S/C14H15BrN2/c1-10-6-7-14(16-9-10)17-11(2)12-4-3-5-13(15)8-12/h3-9,11H,1-2H3,(H,16,17). The molecule has 1 N–H and O–H groups in total. The third-order valence-electron chi connectivity index (χ3n) is 2.62. The molecule has 0 amide bonds. The van der Waals surface area contributed by atoms with Gasteiger partial charge >= 0.3 is 0 Å². The number of anilines is 1. The highest BCUT2D eigenvalue weighted by atomic mass is 79.9. The summed E-state index contributed by atoms with van der Waals surface area (Å²) in [5.41, 5.74) is 2.41. The lowest BCUT2D eigenvalue weighted by Gasteiger charge is -2.15. The van der Waals surface area contributed by atoms with Crippen LogP contribution in [0.25, 0.3) is 0 Å². The number of halogens is 1. The molecule has 0 spiro atoms. The first-order valence-electron chi connectivity index (χ1n) is 5.60. The highest BCUT2D eigenvalue weighted by Gasteiger charge is 2.05. The van der Waals surface area contributed by atoms with Crippen LogP contribution in [0.3, 0.4) is 0 Å². The van der Waals surface area contributed by atoms with E-state index in [1.165, 1.54) is 11.1 Å². The Kier molecular flexibility index (Phi) is 3.79. The van der Waals surface area contributed by atoms with Gasteiger partial charge in [-0.15, -0.1) is 0 Å². The fourth-order valence-electron chi connectivity index (χ4n) is 1.63. The SMILES string of the molecule is Cc1ccc(NC(C)c2cccc(Br)c2)nc1. The summed E-state index contributed by atoms with van der Waals surface area (Å²) in [6.45, 7) is 4.16. The van der Waals surface area contributed by atoms with Crippen LogP contribution in [-0.2, 0) is 0 Å². The predicted octanol–water partition coefficient (Wildman–Crippen LogP) is 4.33. The van der Waals surface area contributed by atoms with Gasteiger partial charge in [0.25, 0.3) is 0 Å². The highest BCUT2D eigenvalue weighted by Crippen LogP contribution is 2.21. The number of nitrogens with one attached hydrogen (secondary N) is 1. The van der Waals surface area contributed by atoms with E-state index in [2.05, 4.69) is 51.4 Å². The van der Waals surface area contributed by atoms with Crippen molar-refractivity contribution in [1.82, 2.24) is 4.98 Å². The fraction of sp³-hybridized carbons (Fsp3) is 0.214. The molecule has 0 radical (unpaired) electrons. The number of aryl methyl sites for hydroxylation is 1. The summed E-state index contributed by atoms with van der Waals surface area (Å²) in [4.78, 5) is 4.34. The molecular weight excluding hydrogens is 276 g/mol. The Labute approximate surface area is 110 Å². The van der Waals surface area contributed by atoms with Gasteiger partial charge in [-0.2, -0.15) is 0 Å². The number of aromatic nitrogens is 1. The smallest absolute Gasteiger partial charge is 0.126 e. The van der Waals surface area contributed by atoms with Crippen LogP contribution in [0.4, 0.5) is 5.82 Å². The van der Waals surface area contributed by atoms with Gasteiger partial charge in [0.2, 0.25) is 0 Å². The summed E-state index contributed by atoms with van der Waals surface area (Å²) >= 11 is 3.48. The molecule has 17 heavy (non-hydrogen) atoms. The quantitative estimate of drug-likeness (QED) is 0.910. The molecule has 2 rings (SSSR count). The van der Waals surface area contributed by atoms with Crippen LogP contribution in [0.15, 0.2) is 47.1 Å².